The molecule has 0 spiro atoms. The topological polar surface area (TPSA) is 34.1 Å². The molecule has 3 heteroatoms. The van der Waals surface area contributed by atoms with Gasteiger partial charge in [-0.25, -0.2) is 0 Å². The van der Waals surface area contributed by atoms with E-state index in [-0.39, 0.29) is 6.10 Å². The monoisotopic (exact) mass is 270 g/mol. The maximum atomic E-state index is 6.03. The lowest BCUT2D eigenvalue weighted by Crippen LogP contribution is -2.23. The Balaban J connectivity index is 1.88. The van der Waals surface area contributed by atoms with Crippen LogP contribution in [-0.2, 0) is 11.2 Å². The van der Waals surface area contributed by atoms with Crippen LogP contribution in [0.15, 0.2) is 54.7 Å². The number of nitrogens with one attached hydrogen (secondary N) is 1. The zero-order chi connectivity index (χ0) is 14.0. The van der Waals surface area contributed by atoms with Gasteiger partial charge in [0.1, 0.15) is 0 Å². The molecule has 0 fully saturated rings. The molecule has 0 aliphatic rings. The highest BCUT2D eigenvalue weighted by molar-refractivity contribution is 5.18. The van der Waals surface area contributed by atoms with E-state index in [2.05, 4.69) is 41.5 Å². The lowest BCUT2D eigenvalue weighted by molar-refractivity contribution is 0.0547. The van der Waals surface area contributed by atoms with Gasteiger partial charge in [0.25, 0.3) is 0 Å². The highest BCUT2D eigenvalue weighted by atomic mass is 16.5. The highest BCUT2D eigenvalue weighted by Gasteiger charge is 2.10. The summed E-state index contributed by atoms with van der Waals surface area (Å²) in [5.74, 6) is 0. The number of pyridine rings is 1. The Labute approximate surface area is 121 Å². The average molecular weight is 270 g/mol. The Morgan fingerprint density at radius 3 is 2.60 bits per heavy atom. The predicted octanol–water partition coefficient (Wildman–Crippen LogP) is 2.99. The fourth-order valence-corrected chi connectivity index (χ4v) is 2.07. The molecule has 1 aromatic carbocycles. The summed E-state index contributed by atoms with van der Waals surface area (Å²) >= 11 is 0. The van der Waals surface area contributed by atoms with E-state index in [1.54, 1.807) is 0 Å². The first-order valence-corrected chi connectivity index (χ1v) is 7.17. The molecular formula is C17H22N2O. The molecule has 0 aliphatic heterocycles. The van der Waals surface area contributed by atoms with Crippen molar-refractivity contribution in [3.8, 4) is 0 Å². The number of likely N-dealkylation sites (N-methyl/N-ethyl adjacent to an activating group) is 1. The first-order valence-electron chi connectivity index (χ1n) is 7.17. The van der Waals surface area contributed by atoms with Gasteiger partial charge in [-0.05, 0) is 24.2 Å². The number of aromatic nitrogens is 1. The molecule has 1 N–H and O–H groups in total. The zero-order valence-electron chi connectivity index (χ0n) is 12.0. The second kappa shape index (κ2) is 8.46. The number of rotatable bonds is 8. The van der Waals surface area contributed by atoms with Crippen molar-refractivity contribution < 1.29 is 4.74 Å². The molecule has 0 aliphatic carbocycles. The summed E-state index contributed by atoms with van der Waals surface area (Å²) in [6.45, 7) is 4.58. The van der Waals surface area contributed by atoms with Crippen LogP contribution >= 0.6 is 0 Å². The van der Waals surface area contributed by atoms with Gasteiger partial charge in [-0.15, -0.1) is 0 Å². The van der Waals surface area contributed by atoms with Crippen molar-refractivity contribution in [1.82, 2.24) is 10.3 Å². The summed E-state index contributed by atoms with van der Waals surface area (Å²) in [4.78, 5) is 4.31. The maximum absolute atomic E-state index is 6.03. The van der Waals surface area contributed by atoms with Crippen molar-refractivity contribution in [3.05, 3.63) is 66.0 Å². The minimum Gasteiger partial charge on any atom is -0.372 e. The molecular weight excluding hydrogens is 248 g/mol. The van der Waals surface area contributed by atoms with Crippen molar-refractivity contribution in [3.63, 3.8) is 0 Å². The van der Waals surface area contributed by atoms with E-state index >= 15 is 0 Å². The van der Waals surface area contributed by atoms with Crippen LogP contribution in [0.3, 0.4) is 0 Å². The van der Waals surface area contributed by atoms with E-state index < -0.39 is 0 Å². The van der Waals surface area contributed by atoms with Crippen LogP contribution in [0.1, 0.15) is 24.3 Å². The van der Waals surface area contributed by atoms with Gasteiger partial charge in [0.15, 0.2) is 0 Å². The fraction of sp³-hybridized carbons (Fsp3) is 0.353. The number of ether oxygens (including phenoxy) is 1. The molecule has 3 nitrogen and oxygen atoms in total. The normalized spacial score (nSPS) is 12.2. The van der Waals surface area contributed by atoms with Gasteiger partial charge in [0.05, 0.1) is 12.7 Å². The van der Waals surface area contributed by atoms with E-state index in [0.29, 0.717) is 6.61 Å². The van der Waals surface area contributed by atoms with Crippen molar-refractivity contribution in [2.24, 2.45) is 0 Å². The van der Waals surface area contributed by atoms with E-state index in [0.717, 1.165) is 25.2 Å². The van der Waals surface area contributed by atoms with Gasteiger partial charge >= 0.3 is 0 Å². The molecule has 106 valence electrons. The van der Waals surface area contributed by atoms with Crippen molar-refractivity contribution >= 4 is 0 Å². The van der Waals surface area contributed by atoms with Crippen LogP contribution in [0.5, 0.6) is 0 Å². The molecule has 2 aromatic rings. The third-order valence-corrected chi connectivity index (χ3v) is 3.15. The summed E-state index contributed by atoms with van der Waals surface area (Å²) in [5, 5.41) is 3.35. The molecule has 0 radical (unpaired) electrons. The van der Waals surface area contributed by atoms with Gasteiger partial charge in [-0.2, -0.15) is 0 Å². The lowest BCUT2D eigenvalue weighted by Gasteiger charge is -2.18. The predicted molar refractivity (Wildman–Crippen MR) is 81.6 cm³/mol. The number of hydrogen-bond donors (Lipinski definition) is 1. The van der Waals surface area contributed by atoms with Gasteiger partial charge in [0, 0.05) is 24.9 Å². The van der Waals surface area contributed by atoms with Crippen LogP contribution in [0.25, 0.3) is 0 Å². The molecule has 0 saturated carbocycles. The standard InChI is InChI=1S/C17H22N2O/c1-2-18-14-17(15-8-4-3-5-9-15)20-13-11-16-10-6-7-12-19-16/h3-10,12,17-18H,2,11,13-14H2,1H3. The fourth-order valence-electron chi connectivity index (χ4n) is 2.07. The van der Waals surface area contributed by atoms with Crippen LogP contribution < -0.4 is 5.32 Å². The second-order valence-electron chi connectivity index (χ2n) is 4.65. The van der Waals surface area contributed by atoms with Gasteiger partial charge in [-0.1, -0.05) is 43.3 Å². The highest BCUT2D eigenvalue weighted by Crippen LogP contribution is 2.16. The molecule has 0 bridgehead atoms. The number of hydrogen-bond acceptors (Lipinski definition) is 3. The Morgan fingerprint density at radius 1 is 1.10 bits per heavy atom. The van der Waals surface area contributed by atoms with Crippen molar-refractivity contribution in [2.75, 3.05) is 19.7 Å². The van der Waals surface area contributed by atoms with Crippen molar-refractivity contribution in [2.45, 2.75) is 19.4 Å². The zero-order valence-corrected chi connectivity index (χ0v) is 12.0. The van der Waals surface area contributed by atoms with E-state index in [9.17, 15) is 0 Å². The quantitative estimate of drug-likeness (QED) is 0.800. The second-order valence-corrected chi connectivity index (χ2v) is 4.65. The Morgan fingerprint density at radius 2 is 1.90 bits per heavy atom. The average Bonchev–Trinajstić information content (AvgIpc) is 2.52. The van der Waals surface area contributed by atoms with E-state index in [1.807, 2.05) is 30.5 Å². The summed E-state index contributed by atoms with van der Waals surface area (Å²) < 4.78 is 6.03. The van der Waals surface area contributed by atoms with Gasteiger partial charge < -0.3 is 10.1 Å². The van der Waals surface area contributed by atoms with Crippen LogP contribution in [0, 0.1) is 0 Å². The Kier molecular flexibility index (Phi) is 6.21. The van der Waals surface area contributed by atoms with Gasteiger partial charge in [-0.3, -0.25) is 4.98 Å². The summed E-state index contributed by atoms with van der Waals surface area (Å²) in [5.41, 5.74) is 2.29. The molecule has 2 rings (SSSR count). The molecule has 1 aromatic heterocycles. The summed E-state index contributed by atoms with van der Waals surface area (Å²) in [7, 11) is 0. The third-order valence-electron chi connectivity index (χ3n) is 3.15. The minimum atomic E-state index is 0.0971. The summed E-state index contributed by atoms with van der Waals surface area (Å²) in [6, 6.07) is 16.3. The van der Waals surface area contributed by atoms with Crippen molar-refractivity contribution in [1.29, 1.82) is 0 Å². The van der Waals surface area contributed by atoms with Crippen LogP contribution in [-0.4, -0.2) is 24.7 Å². The lowest BCUT2D eigenvalue weighted by atomic mass is 10.1. The molecule has 0 saturated heterocycles. The van der Waals surface area contributed by atoms with Gasteiger partial charge in [0.2, 0.25) is 0 Å². The molecule has 1 atom stereocenters. The SMILES string of the molecule is CCNCC(OCCc1ccccn1)c1ccccc1. The molecule has 20 heavy (non-hydrogen) atoms. The van der Waals surface area contributed by atoms with Crippen LogP contribution in [0.2, 0.25) is 0 Å². The third kappa shape index (κ3) is 4.76. The molecule has 0 amide bonds. The largest absolute Gasteiger partial charge is 0.372 e. The maximum Gasteiger partial charge on any atom is 0.0949 e. The molecule has 1 unspecified atom stereocenters. The summed E-state index contributed by atoms with van der Waals surface area (Å²) in [6.07, 6.45) is 2.76. The van der Waals surface area contributed by atoms with E-state index in [1.165, 1.54) is 5.56 Å². The smallest absolute Gasteiger partial charge is 0.0949 e. The Hall–Kier alpha value is -1.71. The van der Waals surface area contributed by atoms with E-state index in [4.69, 9.17) is 4.74 Å². The van der Waals surface area contributed by atoms with Crippen LogP contribution in [0.4, 0.5) is 0 Å². The first kappa shape index (κ1) is 14.7. The number of benzene rings is 1. The Bertz CT molecular complexity index is 473. The first-order chi connectivity index (χ1) is 9.90. The number of nitrogens with zero attached hydrogens (tertiary/aromatic N) is 1. The minimum absolute atomic E-state index is 0.0971. The molecule has 1 heterocycles.